The molecule has 0 unspecified atom stereocenters. The number of carbonyl (C=O) groups excluding carboxylic acids is 1. The molecule has 1 N–H and O–H groups in total. The molecular formula is C16H16N2O3. The number of anilines is 1. The highest BCUT2D eigenvalue weighted by Gasteiger charge is 2.18. The summed E-state index contributed by atoms with van der Waals surface area (Å²) in [7, 11) is 0. The molecule has 0 atom stereocenters. The van der Waals surface area contributed by atoms with E-state index in [0.717, 1.165) is 16.8 Å². The Morgan fingerprint density at radius 3 is 2.52 bits per heavy atom. The number of aryl methyl sites for hydroxylation is 3. The number of furan rings is 1. The van der Waals surface area contributed by atoms with Gasteiger partial charge in [0.1, 0.15) is 17.0 Å². The van der Waals surface area contributed by atoms with Gasteiger partial charge in [-0.2, -0.15) is 0 Å². The molecule has 0 aliphatic carbocycles. The maximum atomic E-state index is 12.4. The van der Waals surface area contributed by atoms with E-state index in [2.05, 4.69) is 10.3 Å². The van der Waals surface area contributed by atoms with Gasteiger partial charge in [-0.25, -0.2) is 4.98 Å². The third-order valence-corrected chi connectivity index (χ3v) is 3.54. The molecular weight excluding hydrogens is 268 g/mol. The molecule has 3 aromatic rings. The second-order valence-electron chi connectivity index (χ2n) is 5.08. The van der Waals surface area contributed by atoms with E-state index in [9.17, 15) is 4.79 Å². The highest BCUT2D eigenvalue weighted by molar-refractivity contribution is 6.06. The molecule has 21 heavy (non-hydrogen) atoms. The Morgan fingerprint density at radius 1 is 1.10 bits per heavy atom. The van der Waals surface area contributed by atoms with Crippen LogP contribution in [-0.2, 0) is 0 Å². The first-order chi connectivity index (χ1) is 9.95. The van der Waals surface area contributed by atoms with Gasteiger partial charge >= 0.3 is 0 Å². The number of hydrogen-bond acceptors (Lipinski definition) is 4. The molecule has 3 rings (SSSR count). The fourth-order valence-electron chi connectivity index (χ4n) is 2.44. The fraction of sp³-hybridized carbons (Fsp3) is 0.250. The number of benzene rings is 1. The summed E-state index contributed by atoms with van der Waals surface area (Å²) < 4.78 is 10.9. The topological polar surface area (TPSA) is 68.3 Å². The van der Waals surface area contributed by atoms with Gasteiger partial charge in [0.05, 0.1) is 5.56 Å². The lowest BCUT2D eigenvalue weighted by Gasteiger charge is -2.05. The zero-order valence-corrected chi connectivity index (χ0v) is 12.4. The minimum atomic E-state index is -0.179. The summed E-state index contributed by atoms with van der Waals surface area (Å²) in [6.07, 6.45) is 0. The van der Waals surface area contributed by atoms with Crippen molar-refractivity contribution in [2.75, 3.05) is 5.32 Å². The van der Waals surface area contributed by atoms with Crippen molar-refractivity contribution >= 4 is 22.7 Å². The van der Waals surface area contributed by atoms with Gasteiger partial charge in [-0.05, 0) is 39.0 Å². The lowest BCUT2D eigenvalue weighted by atomic mass is 10.1. The Morgan fingerprint density at radius 2 is 1.86 bits per heavy atom. The van der Waals surface area contributed by atoms with Crippen molar-refractivity contribution in [1.29, 1.82) is 0 Å². The van der Waals surface area contributed by atoms with Crippen molar-refractivity contribution in [3.8, 4) is 0 Å². The minimum Gasteiger partial charge on any atom is -0.466 e. The monoisotopic (exact) mass is 284 g/mol. The first-order valence-corrected chi connectivity index (χ1v) is 6.71. The quantitative estimate of drug-likeness (QED) is 0.774. The van der Waals surface area contributed by atoms with Gasteiger partial charge < -0.3 is 14.2 Å². The summed E-state index contributed by atoms with van der Waals surface area (Å²) in [4.78, 5) is 16.7. The molecule has 0 fully saturated rings. The smallest absolute Gasteiger partial charge is 0.259 e. The van der Waals surface area contributed by atoms with Gasteiger partial charge in [-0.15, -0.1) is 0 Å². The third kappa shape index (κ3) is 2.31. The SMILES string of the molecule is Cc1nc2cc(NC(=O)c3c(C)oc(C)c3C)ccc2o1. The average Bonchev–Trinajstić information content (AvgIpc) is 2.88. The third-order valence-electron chi connectivity index (χ3n) is 3.54. The average molecular weight is 284 g/mol. The largest absolute Gasteiger partial charge is 0.466 e. The van der Waals surface area contributed by atoms with Crippen molar-refractivity contribution < 1.29 is 13.6 Å². The predicted molar refractivity (Wildman–Crippen MR) is 79.6 cm³/mol. The highest BCUT2D eigenvalue weighted by Crippen LogP contribution is 2.24. The standard InChI is InChI=1S/C16H16N2O3/c1-8-9(2)20-10(3)15(8)16(19)18-12-5-6-14-13(7-12)17-11(4)21-14/h5-7H,1-4H3,(H,18,19). The zero-order chi connectivity index (χ0) is 15.1. The van der Waals surface area contributed by atoms with E-state index in [4.69, 9.17) is 8.83 Å². The Bertz CT molecular complexity index is 843. The number of amides is 1. The van der Waals surface area contributed by atoms with Gasteiger partial charge in [0, 0.05) is 18.2 Å². The maximum absolute atomic E-state index is 12.4. The number of oxazole rings is 1. The first-order valence-electron chi connectivity index (χ1n) is 6.71. The van der Waals surface area contributed by atoms with Crippen LogP contribution in [0.2, 0.25) is 0 Å². The van der Waals surface area contributed by atoms with Crippen LogP contribution < -0.4 is 5.32 Å². The van der Waals surface area contributed by atoms with Crippen LogP contribution >= 0.6 is 0 Å². The lowest BCUT2D eigenvalue weighted by molar-refractivity contribution is 0.102. The van der Waals surface area contributed by atoms with E-state index < -0.39 is 0 Å². The molecule has 0 aliphatic rings. The molecule has 0 saturated carbocycles. The van der Waals surface area contributed by atoms with E-state index >= 15 is 0 Å². The van der Waals surface area contributed by atoms with E-state index in [1.54, 1.807) is 32.0 Å². The molecule has 1 amide bonds. The summed E-state index contributed by atoms with van der Waals surface area (Å²) >= 11 is 0. The predicted octanol–water partition coefficient (Wildman–Crippen LogP) is 3.91. The highest BCUT2D eigenvalue weighted by atomic mass is 16.3. The summed E-state index contributed by atoms with van der Waals surface area (Å²) in [6, 6.07) is 5.38. The van der Waals surface area contributed by atoms with E-state index in [0.29, 0.717) is 28.5 Å². The second-order valence-corrected chi connectivity index (χ2v) is 5.08. The van der Waals surface area contributed by atoms with Crippen molar-refractivity contribution in [1.82, 2.24) is 4.98 Å². The molecule has 0 saturated heterocycles. The summed E-state index contributed by atoms with van der Waals surface area (Å²) in [6.45, 7) is 7.31. The molecule has 0 radical (unpaired) electrons. The summed E-state index contributed by atoms with van der Waals surface area (Å²) in [5, 5.41) is 2.87. The molecule has 2 aromatic heterocycles. The van der Waals surface area contributed by atoms with Crippen molar-refractivity contribution in [3.05, 3.63) is 46.7 Å². The van der Waals surface area contributed by atoms with Crippen LogP contribution in [0.3, 0.4) is 0 Å². The van der Waals surface area contributed by atoms with Crippen LogP contribution in [0.25, 0.3) is 11.1 Å². The van der Waals surface area contributed by atoms with Gasteiger partial charge in [-0.1, -0.05) is 0 Å². The number of hydrogen-bond donors (Lipinski definition) is 1. The van der Waals surface area contributed by atoms with Crippen LogP contribution in [0.5, 0.6) is 0 Å². The molecule has 0 bridgehead atoms. The molecule has 108 valence electrons. The fourth-order valence-corrected chi connectivity index (χ4v) is 2.44. The molecule has 5 nitrogen and oxygen atoms in total. The molecule has 0 spiro atoms. The maximum Gasteiger partial charge on any atom is 0.259 e. The van der Waals surface area contributed by atoms with Crippen LogP contribution in [0.1, 0.15) is 33.3 Å². The van der Waals surface area contributed by atoms with Crippen molar-refractivity contribution in [3.63, 3.8) is 0 Å². The summed E-state index contributed by atoms with van der Waals surface area (Å²) in [5.74, 6) is 1.81. The van der Waals surface area contributed by atoms with Crippen LogP contribution in [0.15, 0.2) is 27.0 Å². The van der Waals surface area contributed by atoms with Gasteiger partial charge in [0.25, 0.3) is 5.91 Å². The van der Waals surface area contributed by atoms with Crippen LogP contribution in [-0.4, -0.2) is 10.9 Å². The number of fused-ring (bicyclic) bond motifs is 1. The van der Waals surface area contributed by atoms with E-state index in [1.165, 1.54) is 0 Å². The van der Waals surface area contributed by atoms with Gasteiger partial charge in [0.15, 0.2) is 11.5 Å². The van der Waals surface area contributed by atoms with E-state index in [-0.39, 0.29) is 5.91 Å². The molecule has 0 aliphatic heterocycles. The number of rotatable bonds is 2. The minimum absolute atomic E-state index is 0.179. The Hall–Kier alpha value is -2.56. The number of carbonyl (C=O) groups is 1. The molecule has 1 aromatic carbocycles. The Balaban J connectivity index is 1.92. The number of nitrogens with zero attached hydrogens (tertiary/aromatic N) is 1. The molecule has 2 heterocycles. The first kappa shape index (κ1) is 13.4. The number of aromatic nitrogens is 1. The zero-order valence-electron chi connectivity index (χ0n) is 12.4. The Kier molecular flexibility index (Phi) is 3.05. The number of nitrogens with one attached hydrogen (secondary N) is 1. The van der Waals surface area contributed by atoms with E-state index in [1.807, 2.05) is 13.8 Å². The normalized spacial score (nSPS) is 11.0. The summed E-state index contributed by atoms with van der Waals surface area (Å²) in [5.41, 5.74) is 3.56. The molecule has 5 heteroatoms. The van der Waals surface area contributed by atoms with Gasteiger partial charge in [0.2, 0.25) is 0 Å². The Labute approximate surface area is 122 Å². The van der Waals surface area contributed by atoms with Crippen LogP contribution in [0, 0.1) is 27.7 Å². The second kappa shape index (κ2) is 4.77. The van der Waals surface area contributed by atoms with Crippen LogP contribution in [0.4, 0.5) is 5.69 Å². The van der Waals surface area contributed by atoms with Gasteiger partial charge in [-0.3, -0.25) is 4.79 Å². The van der Waals surface area contributed by atoms with Crippen molar-refractivity contribution in [2.45, 2.75) is 27.7 Å². The lowest BCUT2D eigenvalue weighted by Crippen LogP contribution is -2.13. The van der Waals surface area contributed by atoms with Crippen molar-refractivity contribution in [2.24, 2.45) is 0 Å².